The third-order valence-corrected chi connectivity index (χ3v) is 2.58. The SMILES string of the molecule is CC(O)C1C=Cc2ccc(C#N)cc21. The summed E-state index contributed by atoms with van der Waals surface area (Å²) in [7, 11) is 0. The van der Waals surface area contributed by atoms with E-state index in [1.165, 1.54) is 0 Å². The van der Waals surface area contributed by atoms with Gasteiger partial charge in [-0.2, -0.15) is 5.26 Å². The summed E-state index contributed by atoms with van der Waals surface area (Å²) in [6.07, 6.45) is 3.58. The van der Waals surface area contributed by atoms with Crippen LogP contribution >= 0.6 is 0 Å². The van der Waals surface area contributed by atoms with Crippen molar-refractivity contribution >= 4 is 6.08 Å². The van der Waals surface area contributed by atoms with Crippen LogP contribution in [-0.2, 0) is 0 Å². The lowest BCUT2D eigenvalue weighted by atomic mass is 9.95. The Hall–Kier alpha value is -1.59. The van der Waals surface area contributed by atoms with E-state index >= 15 is 0 Å². The Kier molecular flexibility index (Phi) is 2.11. The molecular formula is C12H11NO. The number of fused-ring (bicyclic) bond motifs is 1. The molecule has 14 heavy (non-hydrogen) atoms. The van der Waals surface area contributed by atoms with Crippen LogP contribution in [0.3, 0.4) is 0 Å². The van der Waals surface area contributed by atoms with Crippen molar-refractivity contribution in [1.82, 2.24) is 0 Å². The molecule has 2 heteroatoms. The minimum Gasteiger partial charge on any atom is -0.392 e. The van der Waals surface area contributed by atoms with Gasteiger partial charge in [0.15, 0.2) is 0 Å². The quantitative estimate of drug-likeness (QED) is 0.727. The van der Waals surface area contributed by atoms with Crippen LogP contribution in [0.1, 0.15) is 29.5 Å². The highest BCUT2D eigenvalue weighted by molar-refractivity contribution is 5.64. The van der Waals surface area contributed by atoms with Gasteiger partial charge in [-0.05, 0) is 30.2 Å². The van der Waals surface area contributed by atoms with E-state index in [4.69, 9.17) is 5.26 Å². The van der Waals surface area contributed by atoms with Gasteiger partial charge in [-0.15, -0.1) is 0 Å². The van der Waals surface area contributed by atoms with Crippen LogP contribution < -0.4 is 0 Å². The van der Waals surface area contributed by atoms with E-state index in [-0.39, 0.29) is 5.92 Å². The predicted octanol–water partition coefficient (Wildman–Crippen LogP) is 2.05. The second-order valence-corrected chi connectivity index (χ2v) is 3.58. The van der Waals surface area contributed by atoms with E-state index in [1.54, 1.807) is 13.0 Å². The Bertz CT molecular complexity index is 426. The number of nitrogens with zero attached hydrogens (tertiary/aromatic N) is 1. The predicted molar refractivity (Wildman–Crippen MR) is 54.6 cm³/mol. The molecule has 1 aliphatic rings. The zero-order valence-corrected chi connectivity index (χ0v) is 7.94. The van der Waals surface area contributed by atoms with Crippen molar-refractivity contribution < 1.29 is 5.11 Å². The summed E-state index contributed by atoms with van der Waals surface area (Å²) in [5.41, 5.74) is 2.81. The molecule has 2 rings (SSSR count). The average Bonchev–Trinajstić information content (AvgIpc) is 2.59. The molecule has 2 nitrogen and oxygen atoms in total. The lowest BCUT2D eigenvalue weighted by Gasteiger charge is -2.13. The summed E-state index contributed by atoms with van der Waals surface area (Å²) >= 11 is 0. The Morgan fingerprint density at radius 3 is 2.93 bits per heavy atom. The fourth-order valence-corrected chi connectivity index (χ4v) is 1.82. The topological polar surface area (TPSA) is 44.0 Å². The van der Waals surface area contributed by atoms with Crippen molar-refractivity contribution in [2.24, 2.45) is 0 Å². The van der Waals surface area contributed by atoms with Gasteiger partial charge in [0, 0.05) is 5.92 Å². The Labute approximate surface area is 83.1 Å². The maximum atomic E-state index is 9.53. The Morgan fingerprint density at radius 2 is 2.29 bits per heavy atom. The van der Waals surface area contributed by atoms with Gasteiger partial charge in [-0.3, -0.25) is 0 Å². The van der Waals surface area contributed by atoms with Crippen molar-refractivity contribution in [2.75, 3.05) is 0 Å². The molecule has 0 amide bonds. The lowest BCUT2D eigenvalue weighted by molar-refractivity contribution is 0.180. The fourth-order valence-electron chi connectivity index (χ4n) is 1.82. The minimum atomic E-state index is -0.401. The molecule has 1 N–H and O–H groups in total. The van der Waals surface area contributed by atoms with Gasteiger partial charge >= 0.3 is 0 Å². The number of rotatable bonds is 1. The number of benzene rings is 1. The van der Waals surface area contributed by atoms with Crippen molar-refractivity contribution in [3.8, 4) is 6.07 Å². The highest BCUT2D eigenvalue weighted by Gasteiger charge is 2.21. The summed E-state index contributed by atoms with van der Waals surface area (Å²) < 4.78 is 0. The number of hydrogen-bond acceptors (Lipinski definition) is 2. The fraction of sp³-hybridized carbons (Fsp3) is 0.250. The first-order chi connectivity index (χ1) is 6.72. The van der Waals surface area contributed by atoms with Gasteiger partial charge in [-0.25, -0.2) is 0 Å². The first-order valence-electron chi connectivity index (χ1n) is 4.62. The number of aliphatic hydroxyl groups is 1. The zero-order chi connectivity index (χ0) is 10.1. The number of nitriles is 1. The van der Waals surface area contributed by atoms with E-state index in [0.29, 0.717) is 5.56 Å². The van der Waals surface area contributed by atoms with Crippen molar-refractivity contribution in [3.63, 3.8) is 0 Å². The Morgan fingerprint density at radius 1 is 1.50 bits per heavy atom. The minimum absolute atomic E-state index is 0.0401. The molecule has 0 saturated carbocycles. The van der Waals surface area contributed by atoms with Gasteiger partial charge in [0.2, 0.25) is 0 Å². The standard InChI is InChI=1S/C12H11NO/c1-8(14)11-5-4-10-3-2-9(7-13)6-12(10)11/h2-6,8,11,14H,1H3. The van der Waals surface area contributed by atoms with Crippen LogP contribution in [-0.4, -0.2) is 11.2 Å². The Balaban J connectivity index is 2.47. The first-order valence-corrected chi connectivity index (χ1v) is 4.62. The van der Waals surface area contributed by atoms with Crippen LogP contribution in [0.2, 0.25) is 0 Å². The van der Waals surface area contributed by atoms with Crippen LogP contribution in [0, 0.1) is 11.3 Å². The molecule has 1 aromatic carbocycles. The van der Waals surface area contributed by atoms with E-state index < -0.39 is 6.10 Å². The molecule has 0 saturated heterocycles. The largest absolute Gasteiger partial charge is 0.392 e. The third kappa shape index (κ3) is 1.32. The van der Waals surface area contributed by atoms with E-state index in [9.17, 15) is 5.11 Å². The van der Waals surface area contributed by atoms with Crippen molar-refractivity contribution in [2.45, 2.75) is 18.9 Å². The van der Waals surface area contributed by atoms with Gasteiger partial charge in [0.25, 0.3) is 0 Å². The summed E-state index contributed by atoms with van der Waals surface area (Å²) in [6.45, 7) is 1.77. The average molecular weight is 185 g/mol. The summed E-state index contributed by atoms with van der Waals surface area (Å²) in [6, 6.07) is 7.68. The summed E-state index contributed by atoms with van der Waals surface area (Å²) in [5.74, 6) is 0.0401. The molecule has 0 fully saturated rings. The smallest absolute Gasteiger partial charge is 0.0991 e. The molecule has 70 valence electrons. The molecule has 2 atom stereocenters. The summed E-state index contributed by atoms with van der Waals surface area (Å²) in [5, 5.41) is 18.3. The molecule has 0 bridgehead atoms. The van der Waals surface area contributed by atoms with Gasteiger partial charge in [0.05, 0.1) is 17.7 Å². The van der Waals surface area contributed by atoms with Crippen LogP contribution in [0.15, 0.2) is 24.3 Å². The molecule has 0 spiro atoms. The molecule has 0 aromatic heterocycles. The van der Waals surface area contributed by atoms with E-state index in [1.807, 2.05) is 24.3 Å². The van der Waals surface area contributed by atoms with Gasteiger partial charge in [-0.1, -0.05) is 18.2 Å². The molecule has 2 unspecified atom stereocenters. The lowest BCUT2D eigenvalue weighted by Crippen LogP contribution is -2.10. The molecular weight excluding hydrogens is 174 g/mol. The highest BCUT2D eigenvalue weighted by Crippen LogP contribution is 2.32. The second kappa shape index (κ2) is 3.28. The molecule has 0 aliphatic heterocycles. The molecule has 0 heterocycles. The van der Waals surface area contributed by atoms with Gasteiger partial charge < -0.3 is 5.11 Å². The maximum absolute atomic E-state index is 9.53. The van der Waals surface area contributed by atoms with E-state index in [0.717, 1.165) is 11.1 Å². The van der Waals surface area contributed by atoms with Crippen molar-refractivity contribution in [3.05, 3.63) is 41.0 Å². The van der Waals surface area contributed by atoms with Gasteiger partial charge in [0.1, 0.15) is 0 Å². The van der Waals surface area contributed by atoms with Crippen molar-refractivity contribution in [1.29, 1.82) is 5.26 Å². The van der Waals surface area contributed by atoms with Crippen LogP contribution in [0.5, 0.6) is 0 Å². The molecule has 1 aliphatic carbocycles. The van der Waals surface area contributed by atoms with Crippen LogP contribution in [0.25, 0.3) is 6.08 Å². The third-order valence-electron chi connectivity index (χ3n) is 2.58. The number of hydrogen-bond donors (Lipinski definition) is 1. The normalized spacial score (nSPS) is 20.2. The molecule has 0 radical (unpaired) electrons. The highest BCUT2D eigenvalue weighted by atomic mass is 16.3. The number of aliphatic hydroxyl groups excluding tert-OH is 1. The molecule has 1 aromatic rings. The second-order valence-electron chi connectivity index (χ2n) is 3.58. The monoisotopic (exact) mass is 185 g/mol. The van der Waals surface area contributed by atoms with E-state index in [2.05, 4.69) is 6.07 Å². The summed E-state index contributed by atoms with van der Waals surface area (Å²) in [4.78, 5) is 0. The first kappa shape index (κ1) is 8.98. The van der Waals surface area contributed by atoms with Crippen LogP contribution in [0.4, 0.5) is 0 Å². The maximum Gasteiger partial charge on any atom is 0.0991 e. The zero-order valence-electron chi connectivity index (χ0n) is 7.94.